The van der Waals surface area contributed by atoms with Gasteiger partial charge >= 0.3 is 0 Å². The fourth-order valence-corrected chi connectivity index (χ4v) is 2.97. The van der Waals surface area contributed by atoms with Crippen molar-refractivity contribution in [3.05, 3.63) is 0 Å². The summed E-state index contributed by atoms with van der Waals surface area (Å²) in [5.41, 5.74) is 0. The molecule has 0 amide bonds. The van der Waals surface area contributed by atoms with Crippen molar-refractivity contribution < 1.29 is 0 Å². The standard InChI is InChI=1S/C12H25N3/c1-13-6-4-11(5-7-13)12-10-14(2)8-9-15(12)3/h11-12H,4-10H2,1-3H3. The second-order valence-corrected chi connectivity index (χ2v) is 5.45. The van der Waals surface area contributed by atoms with Crippen LogP contribution < -0.4 is 0 Å². The van der Waals surface area contributed by atoms with Crippen LogP contribution >= 0.6 is 0 Å². The van der Waals surface area contributed by atoms with Gasteiger partial charge in [-0.2, -0.15) is 0 Å². The summed E-state index contributed by atoms with van der Waals surface area (Å²) in [6, 6.07) is 0.803. The third kappa shape index (κ3) is 2.71. The molecule has 15 heavy (non-hydrogen) atoms. The first-order valence-corrected chi connectivity index (χ1v) is 6.24. The van der Waals surface area contributed by atoms with E-state index in [4.69, 9.17) is 0 Å². The number of rotatable bonds is 1. The number of likely N-dealkylation sites (tertiary alicyclic amines) is 1. The van der Waals surface area contributed by atoms with E-state index in [1.165, 1.54) is 45.6 Å². The lowest BCUT2D eigenvalue weighted by Crippen LogP contribution is -2.54. The van der Waals surface area contributed by atoms with Gasteiger partial charge in [0.2, 0.25) is 0 Å². The molecule has 2 fully saturated rings. The summed E-state index contributed by atoms with van der Waals surface area (Å²) >= 11 is 0. The van der Waals surface area contributed by atoms with Crippen LogP contribution in [0.2, 0.25) is 0 Å². The lowest BCUT2D eigenvalue weighted by Gasteiger charge is -2.44. The Bertz CT molecular complexity index is 199. The van der Waals surface area contributed by atoms with Crippen molar-refractivity contribution in [3.8, 4) is 0 Å². The molecule has 2 heterocycles. The first-order valence-electron chi connectivity index (χ1n) is 6.24. The second kappa shape index (κ2) is 4.81. The number of piperidine rings is 1. The maximum absolute atomic E-state index is 2.58. The fourth-order valence-electron chi connectivity index (χ4n) is 2.97. The highest BCUT2D eigenvalue weighted by Crippen LogP contribution is 2.25. The van der Waals surface area contributed by atoms with Gasteiger partial charge in [0.05, 0.1) is 0 Å². The van der Waals surface area contributed by atoms with Crippen molar-refractivity contribution in [2.45, 2.75) is 18.9 Å². The van der Waals surface area contributed by atoms with Gasteiger partial charge in [-0.05, 0) is 53.0 Å². The van der Waals surface area contributed by atoms with E-state index in [0.29, 0.717) is 0 Å². The van der Waals surface area contributed by atoms with Gasteiger partial charge in [0.25, 0.3) is 0 Å². The molecule has 0 N–H and O–H groups in total. The molecule has 0 aromatic heterocycles. The van der Waals surface area contributed by atoms with Crippen LogP contribution in [-0.2, 0) is 0 Å². The molecule has 0 radical (unpaired) electrons. The number of hydrogen-bond donors (Lipinski definition) is 0. The molecule has 1 atom stereocenters. The van der Waals surface area contributed by atoms with Crippen molar-refractivity contribution in [2.24, 2.45) is 5.92 Å². The maximum Gasteiger partial charge on any atom is 0.0249 e. The Labute approximate surface area is 94.0 Å². The number of hydrogen-bond acceptors (Lipinski definition) is 3. The summed E-state index contributed by atoms with van der Waals surface area (Å²) in [4.78, 5) is 7.53. The van der Waals surface area contributed by atoms with Gasteiger partial charge in [-0.1, -0.05) is 0 Å². The summed E-state index contributed by atoms with van der Waals surface area (Å²) in [6.45, 7) is 6.33. The Morgan fingerprint density at radius 2 is 1.47 bits per heavy atom. The van der Waals surface area contributed by atoms with E-state index in [9.17, 15) is 0 Å². The molecule has 3 nitrogen and oxygen atoms in total. The van der Waals surface area contributed by atoms with Gasteiger partial charge in [0.1, 0.15) is 0 Å². The molecule has 2 aliphatic rings. The zero-order valence-corrected chi connectivity index (χ0v) is 10.4. The average Bonchev–Trinajstić information content (AvgIpc) is 2.23. The molecule has 2 rings (SSSR count). The van der Waals surface area contributed by atoms with Crippen LogP contribution in [-0.4, -0.2) is 74.6 Å². The van der Waals surface area contributed by atoms with E-state index >= 15 is 0 Å². The first-order chi connectivity index (χ1) is 7.16. The lowest BCUT2D eigenvalue weighted by molar-refractivity contribution is 0.0498. The molecule has 0 bridgehead atoms. The highest BCUT2D eigenvalue weighted by Gasteiger charge is 2.31. The minimum absolute atomic E-state index is 0.803. The van der Waals surface area contributed by atoms with Gasteiger partial charge in [-0.25, -0.2) is 0 Å². The topological polar surface area (TPSA) is 9.72 Å². The summed E-state index contributed by atoms with van der Waals surface area (Å²) in [6.07, 6.45) is 2.78. The van der Waals surface area contributed by atoms with E-state index in [2.05, 4.69) is 35.8 Å². The molecule has 0 aromatic rings. The quantitative estimate of drug-likeness (QED) is 0.628. The molecular formula is C12H25N3. The molecule has 0 saturated carbocycles. The molecule has 0 spiro atoms. The molecule has 1 unspecified atom stereocenters. The Morgan fingerprint density at radius 3 is 2.13 bits per heavy atom. The first kappa shape index (κ1) is 11.4. The molecule has 2 aliphatic heterocycles. The fraction of sp³-hybridized carbons (Fsp3) is 1.00. The molecule has 88 valence electrons. The summed E-state index contributed by atoms with van der Waals surface area (Å²) in [5.74, 6) is 0.925. The average molecular weight is 211 g/mol. The van der Waals surface area contributed by atoms with Crippen molar-refractivity contribution in [3.63, 3.8) is 0 Å². The van der Waals surface area contributed by atoms with E-state index in [1.807, 2.05) is 0 Å². The maximum atomic E-state index is 2.58. The summed E-state index contributed by atoms with van der Waals surface area (Å²) < 4.78 is 0. The predicted molar refractivity (Wildman–Crippen MR) is 64.1 cm³/mol. The summed E-state index contributed by atoms with van der Waals surface area (Å²) in [7, 11) is 6.80. The van der Waals surface area contributed by atoms with E-state index in [0.717, 1.165) is 12.0 Å². The smallest absolute Gasteiger partial charge is 0.0249 e. The molecule has 3 heteroatoms. The van der Waals surface area contributed by atoms with Crippen molar-refractivity contribution in [2.75, 3.05) is 53.9 Å². The highest BCUT2D eigenvalue weighted by molar-refractivity contribution is 4.87. The Morgan fingerprint density at radius 1 is 0.800 bits per heavy atom. The Hall–Kier alpha value is -0.120. The van der Waals surface area contributed by atoms with Crippen LogP contribution in [0.3, 0.4) is 0 Å². The largest absolute Gasteiger partial charge is 0.306 e. The zero-order valence-electron chi connectivity index (χ0n) is 10.4. The van der Waals surface area contributed by atoms with Crippen LogP contribution in [0.1, 0.15) is 12.8 Å². The minimum Gasteiger partial charge on any atom is -0.306 e. The van der Waals surface area contributed by atoms with Crippen molar-refractivity contribution in [1.29, 1.82) is 0 Å². The molecule has 0 aliphatic carbocycles. The Balaban J connectivity index is 1.90. The van der Waals surface area contributed by atoms with E-state index < -0.39 is 0 Å². The van der Waals surface area contributed by atoms with Crippen LogP contribution in [0.5, 0.6) is 0 Å². The van der Waals surface area contributed by atoms with Crippen molar-refractivity contribution >= 4 is 0 Å². The van der Waals surface area contributed by atoms with Crippen molar-refractivity contribution in [1.82, 2.24) is 14.7 Å². The van der Waals surface area contributed by atoms with Gasteiger partial charge in [-0.3, -0.25) is 0 Å². The zero-order chi connectivity index (χ0) is 10.8. The predicted octanol–water partition coefficient (Wildman–Crippen LogP) is 0.574. The van der Waals surface area contributed by atoms with Crippen LogP contribution in [0, 0.1) is 5.92 Å². The highest BCUT2D eigenvalue weighted by atomic mass is 15.3. The third-order valence-corrected chi connectivity index (χ3v) is 4.21. The number of piperazine rings is 1. The van der Waals surface area contributed by atoms with Crippen LogP contribution in [0.4, 0.5) is 0 Å². The minimum atomic E-state index is 0.803. The number of likely N-dealkylation sites (N-methyl/N-ethyl adjacent to an activating group) is 2. The Kier molecular flexibility index (Phi) is 3.65. The monoisotopic (exact) mass is 211 g/mol. The SMILES string of the molecule is CN1CCC(C2CN(C)CCN2C)CC1. The van der Waals surface area contributed by atoms with Gasteiger partial charge in [0.15, 0.2) is 0 Å². The number of nitrogens with zero attached hydrogens (tertiary/aromatic N) is 3. The van der Waals surface area contributed by atoms with E-state index in [1.54, 1.807) is 0 Å². The van der Waals surface area contributed by atoms with E-state index in [-0.39, 0.29) is 0 Å². The van der Waals surface area contributed by atoms with Gasteiger partial charge in [0, 0.05) is 25.7 Å². The molecule has 0 aromatic carbocycles. The second-order valence-electron chi connectivity index (χ2n) is 5.45. The third-order valence-electron chi connectivity index (χ3n) is 4.21. The van der Waals surface area contributed by atoms with Gasteiger partial charge in [-0.15, -0.1) is 0 Å². The summed E-state index contributed by atoms with van der Waals surface area (Å²) in [5, 5.41) is 0. The lowest BCUT2D eigenvalue weighted by atomic mass is 9.87. The van der Waals surface area contributed by atoms with Crippen LogP contribution in [0.25, 0.3) is 0 Å². The van der Waals surface area contributed by atoms with Gasteiger partial charge < -0.3 is 14.7 Å². The molecule has 2 saturated heterocycles. The van der Waals surface area contributed by atoms with Crippen LogP contribution in [0.15, 0.2) is 0 Å². The normalized spacial score (nSPS) is 33.4. The molecular weight excluding hydrogens is 186 g/mol.